The Morgan fingerprint density at radius 1 is 0.880 bits per heavy atom. The Balaban J connectivity index is 1.68. The largest absolute Gasteiger partial charge is 0.326 e. The van der Waals surface area contributed by atoms with E-state index in [2.05, 4.69) is 10.6 Å². The van der Waals surface area contributed by atoms with Gasteiger partial charge in [0.1, 0.15) is 0 Å². The maximum atomic E-state index is 12.1. The smallest absolute Gasteiger partial charge is 0.322 e. The van der Waals surface area contributed by atoms with Crippen molar-refractivity contribution < 1.29 is 9.59 Å². The van der Waals surface area contributed by atoms with Crippen molar-refractivity contribution in [1.82, 2.24) is 9.88 Å². The topological polar surface area (TPSA) is 63.1 Å². The lowest BCUT2D eigenvalue weighted by Crippen LogP contribution is -2.34. The fraction of sp³-hybridized carbons (Fsp3) is 0. The molecule has 0 radical (unpaired) electrons. The third-order valence-corrected chi connectivity index (χ3v) is 4.07. The molecule has 0 bridgehead atoms. The number of hydrogen-bond acceptors (Lipinski definition) is 2. The summed E-state index contributed by atoms with van der Waals surface area (Å²) in [6.45, 7) is 0. The van der Waals surface area contributed by atoms with Crippen LogP contribution in [0.25, 0.3) is 5.69 Å². The molecule has 0 fully saturated rings. The Kier molecular flexibility index (Phi) is 5.07. The number of benzene rings is 2. The van der Waals surface area contributed by atoms with Gasteiger partial charge in [-0.25, -0.2) is 4.79 Å². The molecule has 3 amide bonds. The van der Waals surface area contributed by atoms with Gasteiger partial charge in [-0.3, -0.25) is 10.1 Å². The first-order valence-corrected chi connectivity index (χ1v) is 8.10. The van der Waals surface area contributed by atoms with Gasteiger partial charge in [0.25, 0.3) is 5.91 Å². The first kappa shape index (κ1) is 17.1. The van der Waals surface area contributed by atoms with Crippen molar-refractivity contribution in [2.24, 2.45) is 0 Å². The molecule has 2 N–H and O–H groups in total. The molecule has 3 aromatic rings. The summed E-state index contributed by atoms with van der Waals surface area (Å²) in [6, 6.07) is 14.7. The fourth-order valence-electron chi connectivity index (χ4n) is 2.27. The van der Waals surface area contributed by atoms with Crippen LogP contribution < -0.4 is 10.6 Å². The van der Waals surface area contributed by atoms with E-state index in [0.29, 0.717) is 10.7 Å². The van der Waals surface area contributed by atoms with Gasteiger partial charge in [0.15, 0.2) is 0 Å². The van der Waals surface area contributed by atoms with Crippen LogP contribution in [0.1, 0.15) is 10.4 Å². The third-order valence-electron chi connectivity index (χ3n) is 3.43. The summed E-state index contributed by atoms with van der Waals surface area (Å²) in [5.74, 6) is -0.585. The molecule has 0 saturated carbocycles. The number of urea groups is 1. The number of carbonyl (C=O) groups is 2. The second-order valence-electron chi connectivity index (χ2n) is 5.14. The molecule has 1 heterocycles. The zero-order valence-corrected chi connectivity index (χ0v) is 14.4. The minimum absolute atomic E-state index is 0.223. The normalized spacial score (nSPS) is 10.3. The molecule has 0 aliphatic heterocycles. The summed E-state index contributed by atoms with van der Waals surface area (Å²) in [7, 11) is 0. The van der Waals surface area contributed by atoms with Gasteiger partial charge in [0.2, 0.25) is 0 Å². The van der Waals surface area contributed by atoms with Crippen LogP contribution in [0.3, 0.4) is 0 Å². The lowest BCUT2D eigenvalue weighted by Gasteiger charge is -2.10. The minimum atomic E-state index is -0.672. The summed E-state index contributed by atoms with van der Waals surface area (Å²) < 4.78 is 1.85. The molecule has 0 spiro atoms. The van der Waals surface area contributed by atoms with E-state index in [9.17, 15) is 9.59 Å². The monoisotopic (exact) mass is 373 g/mol. The molecular weight excluding hydrogens is 361 g/mol. The van der Waals surface area contributed by atoms with Crippen LogP contribution >= 0.6 is 23.2 Å². The van der Waals surface area contributed by atoms with Crippen LogP contribution in [0, 0.1) is 0 Å². The number of aromatic nitrogens is 1. The third kappa shape index (κ3) is 4.02. The van der Waals surface area contributed by atoms with Gasteiger partial charge in [-0.2, -0.15) is 0 Å². The summed E-state index contributed by atoms with van der Waals surface area (Å²) in [5, 5.41) is 5.53. The molecule has 2 aromatic carbocycles. The second-order valence-corrected chi connectivity index (χ2v) is 5.96. The van der Waals surface area contributed by atoms with Gasteiger partial charge in [-0.05, 0) is 42.5 Å². The minimum Gasteiger partial charge on any atom is -0.322 e. The molecule has 0 aliphatic carbocycles. The SMILES string of the molecule is O=C(NC(=O)c1ccccc1Cl)Nc1ccc(-n2cccc2)c(Cl)c1. The van der Waals surface area contributed by atoms with Crippen molar-refractivity contribution in [3.05, 3.63) is 82.6 Å². The standard InChI is InChI=1S/C18H13Cl2N3O2/c19-14-6-2-1-5-13(14)17(24)22-18(25)21-12-7-8-16(15(20)11-12)23-9-3-4-10-23/h1-11H,(H2,21,22,24,25). The Hall–Kier alpha value is -2.76. The molecule has 25 heavy (non-hydrogen) atoms. The predicted octanol–water partition coefficient (Wildman–Crippen LogP) is 4.75. The number of nitrogens with one attached hydrogen (secondary N) is 2. The zero-order chi connectivity index (χ0) is 17.8. The van der Waals surface area contributed by atoms with Crippen LogP contribution in [0.15, 0.2) is 67.0 Å². The van der Waals surface area contributed by atoms with E-state index in [0.717, 1.165) is 5.69 Å². The quantitative estimate of drug-likeness (QED) is 0.695. The van der Waals surface area contributed by atoms with E-state index in [1.54, 1.807) is 36.4 Å². The Morgan fingerprint density at radius 3 is 2.28 bits per heavy atom. The van der Waals surface area contributed by atoms with Gasteiger partial charge in [0.05, 0.1) is 21.3 Å². The maximum absolute atomic E-state index is 12.1. The number of nitrogens with zero attached hydrogens (tertiary/aromatic N) is 1. The molecule has 7 heteroatoms. The zero-order valence-electron chi connectivity index (χ0n) is 12.9. The van der Waals surface area contributed by atoms with Crippen molar-refractivity contribution in [2.45, 2.75) is 0 Å². The van der Waals surface area contributed by atoms with E-state index in [1.807, 2.05) is 29.1 Å². The Bertz CT molecular complexity index is 924. The number of imide groups is 1. The molecule has 0 saturated heterocycles. The molecule has 3 rings (SSSR count). The number of halogens is 2. The summed E-state index contributed by atoms with van der Waals surface area (Å²) >= 11 is 12.2. The molecule has 0 atom stereocenters. The van der Waals surface area contributed by atoms with E-state index in [1.165, 1.54) is 6.07 Å². The van der Waals surface area contributed by atoms with Gasteiger partial charge < -0.3 is 9.88 Å². The van der Waals surface area contributed by atoms with Crippen molar-refractivity contribution >= 4 is 40.8 Å². The van der Waals surface area contributed by atoms with Crippen molar-refractivity contribution in [2.75, 3.05) is 5.32 Å². The average molecular weight is 374 g/mol. The highest BCUT2D eigenvalue weighted by molar-refractivity contribution is 6.34. The number of hydrogen-bond donors (Lipinski definition) is 2. The number of carbonyl (C=O) groups excluding carboxylic acids is 2. The molecular formula is C18H13Cl2N3O2. The molecule has 0 aliphatic rings. The lowest BCUT2D eigenvalue weighted by atomic mass is 10.2. The van der Waals surface area contributed by atoms with Crippen LogP contribution in [-0.4, -0.2) is 16.5 Å². The lowest BCUT2D eigenvalue weighted by molar-refractivity contribution is 0.0967. The molecule has 5 nitrogen and oxygen atoms in total. The summed E-state index contributed by atoms with van der Waals surface area (Å²) in [6.07, 6.45) is 3.73. The number of anilines is 1. The van der Waals surface area contributed by atoms with Crippen LogP contribution in [0.4, 0.5) is 10.5 Å². The van der Waals surface area contributed by atoms with Gasteiger partial charge in [-0.1, -0.05) is 35.3 Å². The number of rotatable bonds is 3. The fourth-order valence-corrected chi connectivity index (χ4v) is 2.77. The highest BCUT2D eigenvalue weighted by atomic mass is 35.5. The van der Waals surface area contributed by atoms with E-state index in [-0.39, 0.29) is 10.6 Å². The predicted molar refractivity (Wildman–Crippen MR) is 98.7 cm³/mol. The van der Waals surface area contributed by atoms with E-state index in [4.69, 9.17) is 23.2 Å². The van der Waals surface area contributed by atoms with Crippen LogP contribution in [0.5, 0.6) is 0 Å². The summed E-state index contributed by atoms with van der Waals surface area (Å²) in [4.78, 5) is 24.1. The van der Waals surface area contributed by atoms with Crippen molar-refractivity contribution in [3.8, 4) is 5.69 Å². The second kappa shape index (κ2) is 7.42. The number of amides is 3. The average Bonchev–Trinajstić information content (AvgIpc) is 3.09. The van der Waals surface area contributed by atoms with Crippen molar-refractivity contribution in [1.29, 1.82) is 0 Å². The van der Waals surface area contributed by atoms with E-state index >= 15 is 0 Å². The first-order chi connectivity index (χ1) is 12.0. The highest BCUT2D eigenvalue weighted by Gasteiger charge is 2.13. The Morgan fingerprint density at radius 2 is 1.60 bits per heavy atom. The van der Waals surface area contributed by atoms with E-state index < -0.39 is 11.9 Å². The van der Waals surface area contributed by atoms with Crippen LogP contribution in [0.2, 0.25) is 10.0 Å². The Labute approximate surface area is 154 Å². The van der Waals surface area contributed by atoms with Gasteiger partial charge in [-0.15, -0.1) is 0 Å². The van der Waals surface area contributed by atoms with Crippen LogP contribution in [-0.2, 0) is 0 Å². The molecule has 1 aromatic heterocycles. The van der Waals surface area contributed by atoms with Gasteiger partial charge >= 0.3 is 6.03 Å². The van der Waals surface area contributed by atoms with Crippen molar-refractivity contribution in [3.63, 3.8) is 0 Å². The molecule has 126 valence electrons. The van der Waals surface area contributed by atoms with Gasteiger partial charge in [0, 0.05) is 18.1 Å². The molecule has 0 unspecified atom stereocenters. The highest BCUT2D eigenvalue weighted by Crippen LogP contribution is 2.24. The maximum Gasteiger partial charge on any atom is 0.326 e. The first-order valence-electron chi connectivity index (χ1n) is 7.34. The summed E-state index contributed by atoms with van der Waals surface area (Å²) in [5.41, 5.74) is 1.47.